The third-order valence-corrected chi connectivity index (χ3v) is 1.57. The molecular formula is C7H10N2O4. The van der Waals surface area contributed by atoms with E-state index in [1.807, 2.05) is 0 Å². The molecule has 72 valence electrons. The number of carboxylic acid groups (broad SMARTS) is 1. The van der Waals surface area contributed by atoms with Gasteiger partial charge in [0.05, 0.1) is 31.7 Å². The van der Waals surface area contributed by atoms with Crippen LogP contribution in [0.4, 0.5) is 0 Å². The number of amides is 1. The molecule has 6 nitrogen and oxygen atoms in total. The van der Waals surface area contributed by atoms with E-state index in [0.29, 0.717) is 5.71 Å². The van der Waals surface area contributed by atoms with Crippen molar-refractivity contribution in [3.63, 3.8) is 0 Å². The smallest absolute Gasteiger partial charge is 0.309 e. The van der Waals surface area contributed by atoms with Crippen molar-refractivity contribution >= 4 is 17.6 Å². The molecule has 0 saturated heterocycles. The number of hydrogen-bond acceptors (Lipinski definition) is 4. The standard InChI is InChI=1S/C7H10N2O4/c10-2-1-9-6(11)3-5(8-9)4-7(12)13/h10H,1-4H2,(H,12,13). The zero-order valence-corrected chi connectivity index (χ0v) is 6.93. The predicted molar refractivity (Wildman–Crippen MR) is 43.1 cm³/mol. The molecule has 0 bridgehead atoms. The van der Waals surface area contributed by atoms with Crippen LogP contribution in [0.15, 0.2) is 5.10 Å². The van der Waals surface area contributed by atoms with Gasteiger partial charge in [-0.25, -0.2) is 5.01 Å². The minimum Gasteiger partial charge on any atom is -0.481 e. The maximum absolute atomic E-state index is 11.1. The Balaban J connectivity index is 2.55. The Kier molecular flexibility index (Phi) is 2.97. The highest BCUT2D eigenvalue weighted by Gasteiger charge is 2.24. The Labute approximate surface area is 74.5 Å². The molecule has 1 amide bonds. The molecule has 0 aromatic heterocycles. The van der Waals surface area contributed by atoms with Gasteiger partial charge < -0.3 is 10.2 Å². The van der Waals surface area contributed by atoms with Crippen LogP contribution < -0.4 is 0 Å². The number of hydrazone groups is 1. The lowest BCUT2D eigenvalue weighted by atomic mass is 10.2. The normalized spacial score (nSPS) is 16.2. The summed E-state index contributed by atoms with van der Waals surface area (Å²) in [5.41, 5.74) is 0.339. The van der Waals surface area contributed by atoms with E-state index < -0.39 is 5.97 Å². The Morgan fingerprint density at radius 2 is 2.31 bits per heavy atom. The van der Waals surface area contributed by atoms with Gasteiger partial charge in [-0.15, -0.1) is 0 Å². The van der Waals surface area contributed by atoms with Crippen molar-refractivity contribution in [2.45, 2.75) is 12.8 Å². The van der Waals surface area contributed by atoms with Crippen molar-refractivity contribution in [1.82, 2.24) is 5.01 Å². The van der Waals surface area contributed by atoms with E-state index in [4.69, 9.17) is 10.2 Å². The summed E-state index contributed by atoms with van der Waals surface area (Å²) in [6.45, 7) is -0.0441. The van der Waals surface area contributed by atoms with Crippen molar-refractivity contribution in [3.8, 4) is 0 Å². The van der Waals surface area contributed by atoms with Crippen molar-refractivity contribution in [3.05, 3.63) is 0 Å². The van der Waals surface area contributed by atoms with Crippen LogP contribution in [-0.4, -0.2) is 46.0 Å². The van der Waals surface area contributed by atoms with Gasteiger partial charge in [-0.1, -0.05) is 0 Å². The molecule has 2 N–H and O–H groups in total. The number of carbonyl (C=O) groups is 2. The highest BCUT2D eigenvalue weighted by atomic mass is 16.4. The lowest BCUT2D eigenvalue weighted by Crippen LogP contribution is -2.23. The Morgan fingerprint density at radius 1 is 1.62 bits per heavy atom. The number of aliphatic hydroxyl groups excluding tert-OH is 1. The van der Waals surface area contributed by atoms with Gasteiger partial charge in [0.2, 0.25) is 5.91 Å². The monoisotopic (exact) mass is 186 g/mol. The molecule has 0 fully saturated rings. The maximum Gasteiger partial charge on any atom is 0.309 e. The van der Waals surface area contributed by atoms with Crippen LogP contribution in [0.25, 0.3) is 0 Å². The fraction of sp³-hybridized carbons (Fsp3) is 0.571. The minimum atomic E-state index is -1.00. The summed E-state index contributed by atoms with van der Waals surface area (Å²) in [5, 5.41) is 21.8. The molecule has 1 aliphatic heterocycles. The van der Waals surface area contributed by atoms with Gasteiger partial charge >= 0.3 is 5.97 Å². The molecule has 0 radical (unpaired) electrons. The predicted octanol–water partition coefficient (Wildman–Crippen LogP) is -0.958. The van der Waals surface area contributed by atoms with E-state index >= 15 is 0 Å². The zero-order valence-electron chi connectivity index (χ0n) is 6.93. The molecule has 6 heteroatoms. The first kappa shape index (κ1) is 9.66. The second-order valence-corrected chi connectivity index (χ2v) is 2.65. The SMILES string of the molecule is O=C(O)CC1=NN(CCO)C(=O)C1. The summed E-state index contributed by atoms with van der Waals surface area (Å²) >= 11 is 0. The van der Waals surface area contributed by atoms with Crippen LogP contribution in [0.3, 0.4) is 0 Å². The lowest BCUT2D eigenvalue weighted by molar-refractivity contribution is -0.135. The van der Waals surface area contributed by atoms with Gasteiger partial charge in [0.25, 0.3) is 0 Å². The van der Waals surface area contributed by atoms with E-state index in [2.05, 4.69) is 5.10 Å². The Bertz CT molecular complexity index is 261. The molecule has 1 rings (SSSR count). The van der Waals surface area contributed by atoms with Crippen LogP contribution >= 0.6 is 0 Å². The van der Waals surface area contributed by atoms with E-state index in [0.717, 1.165) is 5.01 Å². The summed E-state index contributed by atoms with van der Waals surface area (Å²) in [4.78, 5) is 21.3. The van der Waals surface area contributed by atoms with Crippen molar-refractivity contribution in [1.29, 1.82) is 0 Å². The van der Waals surface area contributed by atoms with Crippen LogP contribution in [0.2, 0.25) is 0 Å². The quantitative estimate of drug-likeness (QED) is 0.591. The first-order valence-corrected chi connectivity index (χ1v) is 3.83. The lowest BCUT2D eigenvalue weighted by Gasteiger charge is -2.07. The van der Waals surface area contributed by atoms with E-state index in [9.17, 15) is 9.59 Å². The average Bonchev–Trinajstić information content (AvgIpc) is 2.31. The van der Waals surface area contributed by atoms with E-state index in [1.54, 1.807) is 0 Å². The maximum atomic E-state index is 11.1. The van der Waals surface area contributed by atoms with Crippen LogP contribution in [0, 0.1) is 0 Å². The van der Waals surface area contributed by atoms with Gasteiger partial charge in [0, 0.05) is 0 Å². The molecule has 0 unspecified atom stereocenters. The van der Waals surface area contributed by atoms with Gasteiger partial charge in [0.1, 0.15) is 0 Å². The number of hydrogen-bond donors (Lipinski definition) is 2. The third kappa shape index (κ3) is 2.51. The number of rotatable bonds is 4. The highest BCUT2D eigenvalue weighted by molar-refractivity contribution is 6.10. The van der Waals surface area contributed by atoms with Gasteiger partial charge in [-0.2, -0.15) is 5.10 Å². The Hall–Kier alpha value is -1.43. The molecule has 0 spiro atoms. The Morgan fingerprint density at radius 3 is 2.85 bits per heavy atom. The first-order chi connectivity index (χ1) is 6.13. The van der Waals surface area contributed by atoms with Crippen molar-refractivity contribution in [2.24, 2.45) is 5.10 Å². The second kappa shape index (κ2) is 3.99. The highest BCUT2D eigenvalue weighted by Crippen LogP contribution is 2.09. The van der Waals surface area contributed by atoms with Gasteiger partial charge in [-0.05, 0) is 0 Å². The zero-order chi connectivity index (χ0) is 9.84. The number of nitrogens with zero attached hydrogens (tertiary/aromatic N) is 2. The van der Waals surface area contributed by atoms with E-state index in [-0.39, 0.29) is 31.9 Å². The number of aliphatic carboxylic acids is 1. The average molecular weight is 186 g/mol. The largest absolute Gasteiger partial charge is 0.481 e. The molecule has 1 aliphatic rings. The first-order valence-electron chi connectivity index (χ1n) is 3.83. The van der Waals surface area contributed by atoms with Crippen LogP contribution in [0.1, 0.15) is 12.8 Å². The summed E-state index contributed by atoms with van der Waals surface area (Å²) < 4.78 is 0. The van der Waals surface area contributed by atoms with Crippen molar-refractivity contribution < 1.29 is 19.8 Å². The van der Waals surface area contributed by atoms with Crippen molar-refractivity contribution in [2.75, 3.05) is 13.2 Å². The molecule has 1 heterocycles. The van der Waals surface area contributed by atoms with Gasteiger partial charge in [-0.3, -0.25) is 9.59 Å². The fourth-order valence-corrected chi connectivity index (χ4v) is 1.07. The topological polar surface area (TPSA) is 90.2 Å². The number of β-amino-alcohol motifs (C(OH)–C–C–N with tert-alkyl or cyclic N) is 1. The minimum absolute atomic E-state index is 0.0479. The van der Waals surface area contributed by atoms with Crippen LogP contribution in [0.5, 0.6) is 0 Å². The molecule has 0 saturated carbocycles. The summed E-state index contributed by atoms with van der Waals surface area (Å²) in [5.74, 6) is -1.26. The second-order valence-electron chi connectivity index (χ2n) is 2.65. The number of carboxylic acids is 1. The van der Waals surface area contributed by atoms with Gasteiger partial charge in [0.15, 0.2) is 0 Å². The molecule has 0 aliphatic carbocycles. The van der Waals surface area contributed by atoms with Crippen LogP contribution in [-0.2, 0) is 9.59 Å². The third-order valence-electron chi connectivity index (χ3n) is 1.57. The molecule has 0 aromatic rings. The molecule has 0 aromatic carbocycles. The summed E-state index contributed by atoms with van der Waals surface area (Å²) in [7, 11) is 0. The molecule has 13 heavy (non-hydrogen) atoms. The number of aliphatic hydroxyl groups is 1. The number of carbonyl (C=O) groups excluding carboxylic acids is 1. The summed E-state index contributed by atoms with van der Waals surface area (Å²) in [6.07, 6.45) is -0.167. The van der Waals surface area contributed by atoms with E-state index in [1.165, 1.54) is 0 Å². The summed E-state index contributed by atoms with van der Waals surface area (Å²) in [6, 6.07) is 0. The fourth-order valence-electron chi connectivity index (χ4n) is 1.07. The molecule has 0 atom stereocenters. The molecular weight excluding hydrogens is 176 g/mol.